The van der Waals surface area contributed by atoms with Crippen LogP contribution in [-0.4, -0.2) is 32.6 Å². The second-order valence-electron chi connectivity index (χ2n) is 5.58. The lowest BCUT2D eigenvalue weighted by atomic mass is 9.85. The molecule has 0 unspecified atom stereocenters. The zero-order chi connectivity index (χ0) is 15.2. The number of methoxy groups -OCH3 is 2. The maximum atomic E-state index is 11.8. The van der Waals surface area contributed by atoms with Crippen LogP contribution in [0.4, 0.5) is 0 Å². The number of carbonyl (C=O) groups is 1. The van der Waals surface area contributed by atoms with E-state index in [4.69, 9.17) is 14.2 Å². The van der Waals surface area contributed by atoms with Crippen molar-refractivity contribution in [3.63, 3.8) is 0 Å². The highest BCUT2D eigenvalue weighted by molar-refractivity contribution is 5.72. The summed E-state index contributed by atoms with van der Waals surface area (Å²) >= 11 is 0. The van der Waals surface area contributed by atoms with Crippen LogP contribution in [0, 0.1) is 11.8 Å². The van der Waals surface area contributed by atoms with Gasteiger partial charge in [-0.1, -0.05) is 37.3 Å². The highest BCUT2D eigenvalue weighted by atomic mass is 16.7. The average molecular weight is 292 g/mol. The van der Waals surface area contributed by atoms with Crippen molar-refractivity contribution in [1.82, 2.24) is 0 Å². The van der Waals surface area contributed by atoms with E-state index in [1.807, 2.05) is 25.1 Å². The number of hydrogen-bond donors (Lipinski definition) is 0. The molecule has 21 heavy (non-hydrogen) atoms. The molecular formula is C17H24O4. The molecule has 0 aromatic heterocycles. The molecule has 1 aliphatic rings. The van der Waals surface area contributed by atoms with Crippen molar-refractivity contribution in [1.29, 1.82) is 0 Å². The third-order valence-corrected chi connectivity index (χ3v) is 4.31. The average Bonchev–Trinajstić information content (AvgIpc) is 2.95. The lowest BCUT2D eigenvalue weighted by Crippen LogP contribution is -2.29. The fourth-order valence-electron chi connectivity index (χ4n) is 3.00. The Balaban J connectivity index is 1.99. The highest BCUT2D eigenvalue weighted by Gasteiger charge is 2.40. The van der Waals surface area contributed by atoms with E-state index in [-0.39, 0.29) is 30.2 Å². The molecule has 2 rings (SSSR count). The Bertz CT molecular complexity index is 445. The summed E-state index contributed by atoms with van der Waals surface area (Å²) in [5, 5.41) is 0. The van der Waals surface area contributed by atoms with Crippen LogP contribution in [-0.2, 0) is 25.4 Å². The fourth-order valence-corrected chi connectivity index (χ4v) is 3.00. The molecule has 1 heterocycles. The zero-order valence-corrected chi connectivity index (χ0v) is 13.0. The van der Waals surface area contributed by atoms with Crippen molar-refractivity contribution in [2.24, 2.45) is 11.8 Å². The second-order valence-corrected chi connectivity index (χ2v) is 5.58. The summed E-state index contributed by atoms with van der Waals surface area (Å²) in [7, 11) is 3.07. The maximum absolute atomic E-state index is 11.8. The normalized spacial score (nSPS) is 26.5. The van der Waals surface area contributed by atoms with Gasteiger partial charge in [0.1, 0.15) is 0 Å². The number of aryl methyl sites for hydroxylation is 1. The van der Waals surface area contributed by atoms with Crippen molar-refractivity contribution >= 4 is 5.97 Å². The van der Waals surface area contributed by atoms with Crippen molar-refractivity contribution in [3.8, 4) is 0 Å². The fraction of sp³-hybridized carbons (Fsp3) is 0.588. The molecule has 0 bridgehead atoms. The van der Waals surface area contributed by atoms with Crippen LogP contribution >= 0.6 is 0 Å². The molecule has 1 saturated heterocycles. The van der Waals surface area contributed by atoms with E-state index < -0.39 is 0 Å². The van der Waals surface area contributed by atoms with Crippen molar-refractivity contribution in [2.75, 3.05) is 14.2 Å². The Morgan fingerprint density at radius 3 is 2.67 bits per heavy atom. The number of rotatable bonds is 6. The standard InChI is InChI=1S/C17H24O4/c1-12(17(18)20-3)14-11-16(19-2)21-15(14)10-9-13-7-5-4-6-8-13/h4-8,12,14-16H,9-11H2,1-3H3/t12-,14-,15+,16-/m1/s1. The van der Waals surface area contributed by atoms with Crippen LogP contribution in [0.2, 0.25) is 0 Å². The Morgan fingerprint density at radius 2 is 2.05 bits per heavy atom. The summed E-state index contributed by atoms with van der Waals surface area (Å²) in [5.74, 6) is -0.202. The topological polar surface area (TPSA) is 44.8 Å². The van der Waals surface area contributed by atoms with Gasteiger partial charge in [0.25, 0.3) is 0 Å². The number of benzene rings is 1. The molecule has 4 heteroatoms. The molecule has 4 nitrogen and oxygen atoms in total. The summed E-state index contributed by atoms with van der Waals surface area (Å²) < 4.78 is 16.1. The predicted molar refractivity (Wildman–Crippen MR) is 79.7 cm³/mol. The first-order valence-corrected chi connectivity index (χ1v) is 7.45. The minimum absolute atomic E-state index is 0.0317. The Morgan fingerprint density at radius 1 is 1.33 bits per heavy atom. The highest BCUT2D eigenvalue weighted by Crippen LogP contribution is 2.35. The maximum Gasteiger partial charge on any atom is 0.308 e. The van der Waals surface area contributed by atoms with Crippen molar-refractivity contribution in [2.45, 2.75) is 38.6 Å². The van der Waals surface area contributed by atoms with Crippen LogP contribution < -0.4 is 0 Å². The van der Waals surface area contributed by atoms with Crippen molar-refractivity contribution < 1.29 is 19.0 Å². The van der Waals surface area contributed by atoms with Gasteiger partial charge in [0.05, 0.1) is 19.1 Å². The molecule has 1 aromatic carbocycles. The summed E-state index contributed by atoms with van der Waals surface area (Å²) in [6.45, 7) is 1.91. The number of esters is 1. The molecule has 0 aliphatic carbocycles. The molecule has 0 saturated carbocycles. The van der Waals surface area contributed by atoms with Crippen LogP contribution in [0.25, 0.3) is 0 Å². The third kappa shape index (κ3) is 4.05. The van der Waals surface area contributed by atoms with Crippen molar-refractivity contribution in [3.05, 3.63) is 35.9 Å². The van der Waals surface area contributed by atoms with E-state index in [1.165, 1.54) is 12.7 Å². The van der Waals surface area contributed by atoms with Gasteiger partial charge in [-0.3, -0.25) is 4.79 Å². The number of hydrogen-bond acceptors (Lipinski definition) is 4. The van der Waals surface area contributed by atoms with Crippen LogP contribution in [0.5, 0.6) is 0 Å². The molecular weight excluding hydrogens is 268 g/mol. The number of ether oxygens (including phenoxy) is 3. The van der Waals surface area contributed by atoms with Gasteiger partial charge < -0.3 is 14.2 Å². The molecule has 1 aliphatic heterocycles. The number of carbonyl (C=O) groups excluding carboxylic acids is 1. The minimum Gasteiger partial charge on any atom is -0.469 e. The van der Waals surface area contributed by atoms with Gasteiger partial charge in [-0.2, -0.15) is 0 Å². The Labute approximate surface area is 126 Å². The van der Waals surface area contributed by atoms with Gasteiger partial charge in [0.15, 0.2) is 6.29 Å². The minimum atomic E-state index is -0.220. The first kappa shape index (κ1) is 16.0. The summed E-state index contributed by atoms with van der Waals surface area (Å²) in [5.41, 5.74) is 1.28. The molecule has 0 spiro atoms. The summed E-state index contributed by atoms with van der Waals surface area (Å²) in [6.07, 6.45) is 2.38. The van der Waals surface area contributed by atoms with E-state index in [0.29, 0.717) is 0 Å². The van der Waals surface area contributed by atoms with E-state index in [1.54, 1.807) is 7.11 Å². The van der Waals surface area contributed by atoms with Crippen LogP contribution in [0.15, 0.2) is 30.3 Å². The first-order valence-electron chi connectivity index (χ1n) is 7.45. The molecule has 1 aromatic rings. The SMILES string of the molecule is COC(=O)[C@H](C)[C@H]1C[C@H](OC)O[C@H]1CCc1ccccc1. The molecule has 0 radical (unpaired) electrons. The van der Waals surface area contributed by atoms with Gasteiger partial charge in [0, 0.05) is 19.4 Å². The molecule has 0 N–H and O–H groups in total. The summed E-state index contributed by atoms with van der Waals surface area (Å²) in [4.78, 5) is 11.8. The molecule has 4 atom stereocenters. The van der Waals surface area contributed by atoms with E-state index in [2.05, 4.69) is 12.1 Å². The predicted octanol–water partition coefficient (Wildman–Crippen LogP) is 2.81. The first-order chi connectivity index (χ1) is 10.2. The van der Waals surface area contributed by atoms with Gasteiger partial charge >= 0.3 is 5.97 Å². The van der Waals surface area contributed by atoms with Gasteiger partial charge in [0.2, 0.25) is 0 Å². The van der Waals surface area contributed by atoms with E-state index >= 15 is 0 Å². The van der Waals surface area contributed by atoms with Gasteiger partial charge in [-0.05, 0) is 18.4 Å². The van der Waals surface area contributed by atoms with E-state index in [9.17, 15) is 4.79 Å². The van der Waals surface area contributed by atoms with Crippen LogP contribution in [0.1, 0.15) is 25.3 Å². The van der Waals surface area contributed by atoms with Crippen LogP contribution in [0.3, 0.4) is 0 Å². The Kier molecular flexibility index (Phi) is 5.76. The molecule has 1 fully saturated rings. The summed E-state index contributed by atoms with van der Waals surface area (Å²) in [6, 6.07) is 10.3. The van der Waals surface area contributed by atoms with E-state index in [0.717, 1.165) is 19.3 Å². The monoisotopic (exact) mass is 292 g/mol. The second kappa shape index (κ2) is 7.57. The lowest BCUT2D eigenvalue weighted by molar-refractivity contribution is -0.148. The molecule has 116 valence electrons. The quantitative estimate of drug-likeness (QED) is 0.756. The third-order valence-electron chi connectivity index (χ3n) is 4.31. The Hall–Kier alpha value is -1.39. The van der Waals surface area contributed by atoms with Gasteiger partial charge in [-0.15, -0.1) is 0 Å². The zero-order valence-electron chi connectivity index (χ0n) is 13.0. The molecule has 0 amide bonds. The smallest absolute Gasteiger partial charge is 0.308 e. The lowest BCUT2D eigenvalue weighted by Gasteiger charge is -2.22. The largest absolute Gasteiger partial charge is 0.469 e. The van der Waals surface area contributed by atoms with Gasteiger partial charge in [-0.25, -0.2) is 0 Å².